The summed E-state index contributed by atoms with van der Waals surface area (Å²) in [6.07, 6.45) is 0. The zero-order chi connectivity index (χ0) is 12.3. The number of amides is 1. The largest absolute Gasteiger partial charge is 0.346 e. The lowest BCUT2D eigenvalue weighted by Crippen LogP contribution is -2.45. The van der Waals surface area contributed by atoms with Crippen molar-refractivity contribution in [1.29, 1.82) is 0 Å². The minimum absolute atomic E-state index is 0.0860. The monoisotopic (exact) mass is 263 g/mol. The van der Waals surface area contributed by atoms with Gasteiger partial charge in [-0.15, -0.1) is 11.6 Å². The second kappa shape index (κ2) is 5.02. The van der Waals surface area contributed by atoms with Crippen LogP contribution in [0.25, 0.3) is 0 Å². The van der Waals surface area contributed by atoms with Crippen LogP contribution in [0.4, 0.5) is 4.39 Å². The van der Waals surface area contributed by atoms with E-state index < -0.39 is 11.4 Å². The lowest BCUT2D eigenvalue weighted by molar-refractivity contribution is 0.0920. The van der Waals surface area contributed by atoms with Crippen LogP contribution in [0.15, 0.2) is 18.2 Å². The first-order chi connectivity index (χ1) is 7.35. The number of halogens is 3. The van der Waals surface area contributed by atoms with Gasteiger partial charge in [-0.05, 0) is 32.0 Å². The summed E-state index contributed by atoms with van der Waals surface area (Å²) in [5.41, 5.74) is -0.294. The van der Waals surface area contributed by atoms with E-state index in [1.54, 1.807) is 13.8 Å². The molecule has 16 heavy (non-hydrogen) atoms. The van der Waals surface area contributed by atoms with Gasteiger partial charge in [0, 0.05) is 11.4 Å². The molecule has 0 aliphatic heterocycles. The Morgan fingerprint density at radius 2 is 2.12 bits per heavy atom. The molecule has 1 amide bonds. The fourth-order valence-corrected chi connectivity index (χ4v) is 1.40. The molecule has 5 heteroatoms. The van der Waals surface area contributed by atoms with Crippen molar-refractivity contribution in [2.45, 2.75) is 19.4 Å². The molecule has 2 nitrogen and oxygen atoms in total. The molecular weight excluding hydrogens is 252 g/mol. The minimum Gasteiger partial charge on any atom is -0.346 e. The smallest absolute Gasteiger partial charge is 0.253 e. The van der Waals surface area contributed by atoms with Crippen LogP contribution in [0.3, 0.4) is 0 Å². The second-order valence-corrected chi connectivity index (χ2v) is 4.77. The van der Waals surface area contributed by atoms with E-state index in [2.05, 4.69) is 5.32 Å². The maximum absolute atomic E-state index is 12.8. The van der Waals surface area contributed by atoms with Gasteiger partial charge < -0.3 is 5.32 Å². The Morgan fingerprint density at radius 3 is 2.62 bits per heavy atom. The van der Waals surface area contributed by atoms with Gasteiger partial charge in [0.25, 0.3) is 5.91 Å². The highest BCUT2D eigenvalue weighted by atomic mass is 35.5. The third-order valence-corrected chi connectivity index (χ3v) is 2.94. The Labute approximate surface area is 104 Å². The average molecular weight is 264 g/mol. The van der Waals surface area contributed by atoms with Gasteiger partial charge in [-0.3, -0.25) is 4.79 Å². The molecule has 1 N–H and O–H groups in total. The summed E-state index contributed by atoms with van der Waals surface area (Å²) in [4.78, 5) is 11.8. The number of nitrogens with one attached hydrogen (secondary N) is 1. The molecule has 0 atom stereocenters. The lowest BCUT2D eigenvalue weighted by Gasteiger charge is -2.23. The Kier molecular flexibility index (Phi) is 4.16. The Hall–Kier alpha value is -0.800. The molecule has 1 rings (SSSR count). The number of carbonyl (C=O) groups excluding carboxylic acids is 1. The normalized spacial score (nSPS) is 11.3. The molecule has 0 aliphatic rings. The number of hydrogen-bond acceptors (Lipinski definition) is 1. The van der Waals surface area contributed by atoms with Crippen LogP contribution in [0.5, 0.6) is 0 Å². The molecule has 0 bridgehead atoms. The summed E-state index contributed by atoms with van der Waals surface area (Å²) in [7, 11) is 0. The van der Waals surface area contributed by atoms with Gasteiger partial charge in [0.15, 0.2) is 0 Å². The maximum Gasteiger partial charge on any atom is 0.253 e. The zero-order valence-corrected chi connectivity index (χ0v) is 10.5. The highest BCUT2D eigenvalue weighted by molar-refractivity contribution is 6.33. The maximum atomic E-state index is 12.8. The molecule has 0 radical (unpaired) electrons. The van der Waals surface area contributed by atoms with E-state index in [-0.39, 0.29) is 22.4 Å². The fourth-order valence-electron chi connectivity index (χ4n) is 1.08. The van der Waals surface area contributed by atoms with Gasteiger partial charge in [-0.25, -0.2) is 4.39 Å². The molecule has 0 aliphatic carbocycles. The van der Waals surface area contributed by atoms with Crippen molar-refractivity contribution in [3.8, 4) is 0 Å². The minimum atomic E-state index is -0.531. The number of rotatable bonds is 3. The van der Waals surface area contributed by atoms with E-state index in [9.17, 15) is 9.18 Å². The van der Waals surface area contributed by atoms with Crippen molar-refractivity contribution < 1.29 is 9.18 Å². The van der Waals surface area contributed by atoms with Gasteiger partial charge in [-0.2, -0.15) is 0 Å². The van der Waals surface area contributed by atoms with E-state index in [0.29, 0.717) is 0 Å². The Morgan fingerprint density at radius 1 is 1.50 bits per heavy atom. The van der Waals surface area contributed by atoms with Crippen molar-refractivity contribution >= 4 is 29.1 Å². The summed E-state index contributed by atoms with van der Waals surface area (Å²) in [6, 6.07) is 3.63. The quantitative estimate of drug-likeness (QED) is 0.834. The molecule has 0 unspecified atom stereocenters. The topological polar surface area (TPSA) is 29.1 Å². The molecule has 0 fully saturated rings. The van der Waals surface area contributed by atoms with Crippen molar-refractivity contribution in [3.63, 3.8) is 0 Å². The molecular formula is C11H12Cl2FNO. The number of carbonyl (C=O) groups is 1. The average Bonchev–Trinajstić information content (AvgIpc) is 2.16. The molecule has 1 aromatic rings. The Balaban J connectivity index is 2.89. The highest BCUT2D eigenvalue weighted by Gasteiger charge is 2.21. The third kappa shape index (κ3) is 3.35. The lowest BCUT2D eigenvalue weighted by atomic mass is 10.1. The molecule has 88 valence electrons. The SMILES string of the molecule is CC(C)(CCl)NC(=O)c1ccc(F)cc1Cl. The summed E-state index contributed by atoms with van der Waals surface area (Å²) >= 11 is 11.4. The summed E-state index contributed by atoms with van der Waals surface area (Å²) in [5, 5.41) is 2.79. The standard InChI is InChI=1S/C11H12Cl2FNO/c1-11(2,6-12)15-10(16)8-4-3-7(14)5-9(8)13/h3-5H,6H2,1-2H3,(H,15,16). The van der Waals surface area contributed by atoms with Crippen LogP contribution in [-0.4, -0.2) is 17.3 Å². The van der Waals surface area contributed by atoms with Crippen molar-refractivity contribution in [2.75, 3.05) is 5.88 Å². The van der Waals surface area contributed by atoms with Crippen LogP contribution in [0.2, 0.25) is 5.02 Å². The number of alkyl halides is 1. The van der Waals surface area contributed by atoms with Gasteiger partial charge in [0.2, 0.25) is 0 Å². The zero-order valence-electron chi connectivity index (χ0n) is 8.98. The molecule has 0 saturated carbocycles. The van der Waals surface area contributed by atoms with E-state index in [0.717, 1.165) is 6.07 Å². The van der Waals surface area contributed by atoms with Gasteiger partial charge >= 0.3 is 0 Å². The highest BCUT2D eigenvalue weighted by Crippen LogP contribution is 2.18. The fraction of sp³-hybridized carbons (Fsp3) is 0.364. The number of benzene rings is 1. The van der Waals surface area contributed by atoms with E-state index >= 15 is 0 Å². The van der Waals surface area contributed by atoms with Crippen LogP contribution >= 0.6 is 23.2 Å². The first kappa shape index (κ1) is 13.3. The first-order valence-corrected chi connectivity index (χ1v) is 5.60. The van der Waals surface area contributed by atoms with Crippen molar-refractivity contribution in [3.05, 3.63) is 34.6 Å². The first-order valence-electron chi connectivity index (χ1n) is 4.69. The van der Waals surface area contributed by atoms with Gasteiger partial charge in [-0.1, -0.05) is 11.6 Å². The van der Waals surface area contributed by atoms with E-state index in [4.69, 9.17) is 23.2 Å². The van der Waals surface area contributed by atoms with Crippen LogP contribution in [0, 0.1) is 5.82 Å². The predicted octanol–water partition coefficient (Wildman–Crippen LogP) is 3.23. The Bertz CT molecular complexity index is 407. The molecule has 0 aromatic heterocycles. The van der Waals surface area contributed by atoms with Crippen LogP contribution in [0.1, 0.15) is 24.2 Å². The van der Waals surface area contributed by atoms with Crippen molar-refractivity contribution in [2.24, 2.45) is 0 Å². The van der Waals surface area contributed by atoms with Gasteiger partial charge in [0.05, 0.1) is 10.6 Å². The summed E-state index contributed by atoms with van der Waals surface area (Å²) in [5.74, 6) is -0.564. The van der Waals surface area contributed by atoms with E-state index in [1.807, 2.05) is 0 Å². The summed E-state index contributed by atoms with van der Waals surface area (Å²) < 4.78 is 12.8. The van der Waals surface area contributed by atoms with Crippen molar-refractivity contribution in [1.82, 2.24) is 5.32 Å². The third-order valence-electron chi connectivity index (χ3n) is 1.96. The van der Waals surface area contributed by atoms with Crippen LogP contribution in [-0.2, 0) is 0 Å². The second-order valence-electron chi connectivity index (χ2n) is 4.10. The molecule has 1 aromatic carbocycles. The van der Waals surface area contributed by atoms with Gasteiger partial charge in [0.1, 0.15) is 5.82 Å². The van der Waals surface area contributed by atoms with Crippen LogP contribution < -0.4 is 5.32 Å². The number of hydrogen-bond donors (Lipinski definition) is 1. The molecule has 0 heterocycles. The molecule has 0 saturated heterocycles. The molecule has 0 spiro atoms. The predicted molar refractivity (Wildman–Crippen MR) is 63.7 cm³/mol. The van der Waals surface area contributed by atoms with E-state index in [1.165, 1.54) is 12.1 Å². The summed E-state index contributed by atoms with van der Waals surface area (Å²) in [6.45, 7) is 3.57.